The molecule has 3 rings (SSSR count). The summed E-state index contributed by atoms with van der Waals surface area (Å²) in [5, 5.41) is 0. The molecule has 0 bridgehead atoms. The first-order valence-corrected chi connectivity index (χ1v) is 12.5. The molecule has 0 aromatic rings. The Bertz CT molecular complexity index is 631. The van der Waals surface area contributed by atoms with E-state index in [9.17, 15) is 13.2 Å². The molecule has 4 unspecified atom stereocenters. The fourth-order valence-electron chi connectivity index (χ4n) is 5.21. The van der Waals surface area contributed by atoms with Crippen LogP contribution in [0.1, 0.15) is 59.3 Å². The molecular weight excluding hydrogens is 378 g/mol. The second-order valence-corrected chi connectivity index (χ2v) is 10.9. The number of ether oxygens (including phenoxy) is 1. The van der Waals surface area contributed by atoms with Crippen molar-refractivity contribution in [2.45, 2.75) is 83.6 Å². The Morgan fingerprint density at radius 2 is 1.68 bits per heavy atom. The van der Waals surface area contributed by atoms with Crippen molar-refractivity contribution >= 4 is 15.9 Å². The van der Waals surface area contributed by atoms with Crippen LogP contribution in [0.5, 0.6) is 0 Å². The number of rotatable bonds is 6. The summed E-state index contributed by atoms with van der Waals surface area (Å²) in [5.74, 6) is 0.213. The molecular formula is C20H37N3O4S. The van der Waals surface area contributed by atoms with Crippen LogP contribution in [0, 0.1) is 0 Å². The molecule has 8 heteroatoms. The molecule has 4 atom stereocenters. The van der Waals surface area contributed by atoms with Gasteiger partial charge >= 0.3 is 0 Å². The number of sulfonamides is 1. The number of hydrogen-bond acceptors (Lipinski definition) is 5. The van der Waals surface area contributed by atoms with Crippen molar-refractivity contribution in [3.05, 3.63) is 0 Å². The van der Waals surface area contributed by atoms with Gasteiger partial charge in [-0.25, -0.2) is 8.42 Å². The number of piperidine rings is 1. The van der Waals surface area contributed by atoms with Crippen LogP contribution in [0.15, 0.2) is 0 Å². The lowest BCUT2D eigenvalue weighted by atomic mass is 10.00. The van der Waals surface area contributed by atoms with Crippen molar-refractivity contribution in [1.82, 2.24) is 14.1 Å². The van der Waals surface area contributed by atoms with Gasteiger partial charge in [0.2, 0.25) is 15.9 Å². The molecule has 28 heavy (non-hydrogen) atoms. The summed E-state index contributed by atoms with van der Waals surface area (Å²) in [5.41, 5.74) is 0. The average molecular weight is 416 g/mol. The van der Waals surface area contributed by atoms with Gasteiger partial charge in [0.05, 0.1) is 18.0 Å². The van der Waals surface area contributed by atoms with Gasteiger partial charge < -0.3 is 9.64 Å². The van der Waals surface area contributed by atoms with E-state index in [0.29, 0.717) is 13.0 Å². The zero-order valence-corrected chi connectivity index (χ0v) is 18.5. The summed E-state index contributed by atoms with van der Waals surface area (Å²) in [6.45, 7) is 9.67. The second-order valence-electron chi connectivity index (χ2n) is 8.85. The third kappa shape index (κ3) is 5.46. The molecule has 162 valence electrons. The highest BCUT2D eigenvalue weighted by Crippen LogP contribution is 2.26. The van der Waals surface area contributed by atoms with Gasteiger partial charge in [-0.05, 0) is 52.4 Å². The molecule has 3 heterocycles. The summed E-state index contributed by atoms with van der Waals surface area (Å²) >= 11 is 0. The molecule has 1 amide bonds. The maximum Gasteiger partial charge on any atom is 0.219 e. The van der Waals surface area contributed by atoms with Crippen LogP contribution < -0.4 is 0 Å². The third-order valence-electron chi connectivity index (χ3n) is 6.39. The van der Waals surface area contributed by atoms with Gasteiger partial charge in [0.25, 0.3) is 0 Å². The molecule has 0 aromatic carbocycles. The van der Waals surface area contributed by atoms with Crippen molar-refractivity contribution in [1.29, 1.82) is 0 Å². The average Bonchev–Trinajstić information content (AvgIpc) is 3.08. The van der Waals surface area contributed by atoms with Gasteiger partial charge in [0.1, 0.15) is 0 Å². The van der Waals surface area contributed by atoms with Crippen LogP contribution in [0.25, 0.3) is 0 Å². The van der Waals surface area contributed by atoms with Crippen LogP contribution in [0.4, 0.5) is 0 Å². The lowest BCUT2D eigenvalue weighted by molar-refractivity contribution is -0.132. The topological polar surface area (TPSA) is 70.2 Å². The van der Waals surface area contributed by atoms with Crippen molar-refractivity contribution in [3.63, 3.8) is 0 Å². The minimum absolute atomic E-state index is 0.0664. The molecule has 3 aliphatic heterocycles. The molecule has 3 aliphatic rings. The standard InChI is InChI=1S/C20H37N3O4S/c1-16-13-21(14-17(2)27-16)15-20-8-6-11-23(20)28(25,26)12-9-19-7-4-5-10-22(19)18(3)24/h16-17,19-20H,4-15H2,1-3H3. The Hall–Kier alpha value is -0.700. The highest BCUT2D eigenvalue weighted by atomic mass is 32.2. The Kier molecular flexibility index (Phi) is 7.39. The lowest BCUT2D eigenvalue weighted by Gasteiger charge is -2.38. The Morgan fingerprint density at radius 1 is 1.00 bits per heavy atom. The maximum atomic E-state index is 13.1. The predicted octanol–water partition coefficient (Wildman–Crippen LogP) is 1.68. The van der Waals surface area contributed by atoms with Crippen molar-refractivity contribution in [3.8, 4) is 0 Å². The lowest BCUT2D eigenvalue weighted by Crippen LogP contribution is -2.51. The molecule has 0 N–H and O–H groups in total. The largest absolute Gasteiger partial charge is 0.373 e. The van der Waals surface area contributed by atoms with Gasteiger partial charge in [0, 0.05) is 51.7 Å². The Morgan fingerprint density at radius 3 is 2.36 bits per heavy atom. The van der Waals surface area contributed by atoms with Gasteiger partial charge in [-0.1, -0.05) is 0 Å². The van der Waals surface area contributed by atoms with Crippen LogP contribution in [0.3, 0.4) is 0 Å². The predicted molar refractivity (Wildman–Crippen MR) is 110 cm³/mol. The van der Waals surface area contributed by atoms with Crippen LogP contribution in [0.2, 0.25) is 0 Å². The molecule has 0 spiro atoms. The number of carbonyl (C=O) groups is 1. The summed E-state index contributed by atoms with van der Waals surface area (Å²) in [6, 6.07) is 0.140. The van der Waals surface area contributed by atoms with Gasteiger partial charge in [-0.3, -0.25) is 9.69 Å². The van der Waals surface area contributed by atoms with E-state index >= 15 is 0 Å². The number of morpholine rings is 1. The van der Waals surface area contributed by atoms with E-state index in [-0.39, 0.29) is 36.0 Å². The first-order valence-electron chi connectivity index (χ1n) is 10.9. The quantitative estimate of drug-likeness (QED) is 0.660. The summed E-state index contributed by atoms with van der Waals surface area (Å²) in [6.07, 6.45) is 5.82. The summed E-state index contributed by atoms with van der Waals surface area (Å²) in [7, 11) is -3.30. The maximum absolute atomic E-state index is 13.1. The Labute approximate surface area is 170 Å². The van der Waals surface area contributed by atoms with Crippen LogP contribution >= 0.6 is 0 Å². The highest BCUT2D eigenvalue weighted by Gasteiger charge is 2.37. The zero-order chi connectivity index (χ0) is 20.3. The number of amides is 1. The van der Waals surface area contributed by atoms with E-state index in [1.807, 2.05) is 4.90 Å². The Balaban J connectivity index is 1.58. The SMILES string of the molecule is CC(=O)N1CCCCC1CCS(=O)(=O)N1CCCC1CN1CC(C)OC(C)C1. The minimum atomic E-state index is -3.30. The first-order chi connectivity index (χ1) is 13.3. The molecule has 0 aliphatic carbocycles. The molecule has 7 nitrogen and oxygen atoms in total. The summed E-state index contributed by atoms with van der Waals surface area (Å²) in [4.78, 5) is 16.1. The van der Waals surface area contributed by atoms with Crippen LogP contribution in [-0.4, -0.2) is 91.2 Å². The van der Waals surface area contributed by atoms with E-state index in [4.69, 9.17) is 4.74 Å². The van der Waals surface area contributed by atoms with Gasteiger partial charge in [0.15, 0.2) is 0 Å². The third-order valence-corrected chi connectivity index (χ3v) is 8.33. The van der Waals surface area contributed by atoms with Crippen molar-refractivity contribution < 1.29 is 17.9 Å². The monoisotopic (exact) mass is 415 g/mol. The fourth-order valence-corrected chi connectivity index (χ4v) is 7.04. The van der Waals surface area contributed by atoms with Crippen molar-refractivity contribution in [2.75, 3.05) is 38.5 Å². The zero-order valence-electron chi connectivity index (χ0n) is 17.7. The normalized spacial score (nSPS) is 33.3. The van der Waals surface area contributed by atoms with E-state index < -0.39 is 10.0 Å². The van der Waals surface area contributed by atoms with E-state index in [0.717, 1.165) is 58.3 Å². The van der Waals surface area contributed by atoms with E-state index in [1.165, 1.54) is 0 Å². The fraction of sp³-hybridized carbons (Fsp3) is 0.950. The van der Waals surface area contributed by atoms with Crippen LogP contribution in [-0.2, 0) is 19.6 Å². The number of nitrogens with zero attached hydrogens (tertiary/aromatic N) is 3. The smallest absolute Gasteiger partial charge is 0.219 e. The number of likely N-dealkylation sites (tertiary alicyclic amines) is 1. The van der Waals surface area contributed by atoms with E-state index in [2.05, 4.69) is 18.7 Å². The number of hydrogen-bond donors (Lipinski definition) is 0. The molecule has 3 saturated heterocycles. The first kappa shape index (κ1) is 22.0. The molecule has 0 saturated carbocycles. The van der Waals surface area contributed by atoms with Gasteiger partial charge in [-0.2, -0.15) is 4.31 Å². The second kappa shape index (κ2) is 9.41. The molecule has 3 fully saturated rings. The summed E-state index contributed by atoms with van der Waals surface area (Å²) < 4.78 is 33.8. The highest BCUT2D eigenvalue weighted by molar-refractivity contribution is 7.89. The van der Waals surface area contributed by atoms with Crippen molar-refractivity contribution in [2.24, 2.45) is 0 Å². The molecule has 0 aromatic heterocycles. The van der Waals surface area contributed by atoms with E-state index in [1.54, 1.807) is 11.2 Å². The number of carbonyl (C=O) groups excluding carboxylic acids is 1. The molecule has 0 radical (unpaired) electrons. The minimum Gasteiger partial charge on any atom is -0.373 e. The van der Waals surface area contributed by atoms with Gasteiger partial charge in [-0.15, -0.1) is 0 Å².